The van der Waals surface area contributed by atoms with E-state index in [1.54, 1.807) is 32.9 Å². The molecule has 0 aromatic heterocycles. The van der Waals surface area contributed by atoms with Crippen LogP contribution in [0.1, 0.15) is 87.5 Å². The van der Waals surface area contributed by atoms with Crippen molar-refractivity contribution in [3.05, 3.63) is 23.8 Å². The van der Waals surface area contributed by atoms with Gasteiger partial charge in [0.1, 0.15) is 11.9 Å². The molecule has 0 aromatic carbocycles. The van der Waals surface area contributed by atoms with Gasteiger partial charge in [-0.05, 0) is 83.0 Å². The monoisotopic (exact) mass is 502 g/mol. The summed E-state index contributed by atoms with van der Waals surface area (Å²) in [7, 11) is 0. The number of hydrogen-bond acceptors (Lipinski definition) is 6. The second kappa shape index (κ2) is 8.08. The van der Waals surface area contributed by atoms with Crippen LogP contribution in [0.4, 0.5) is 0 Å². The van der Waals surface area contributed by atoms with Gasteiger partial charge in [0, 0.05) is 23.2 Å². The third-order valence-electron chi connectivity index (χ3n) is 11.1. The number of carbonyl (C=O) groups excluding carboxylic acids is 2. The molecule has 6 nitrogen and oxygen atoms in total. The molecule has 36 heavy (non-hydrogen) atoms. The summed E-state index contributed by atoms with van der Waals surface area (Å²) >= 11 is 0. The molecule has 9 atom stereocenters. The van der Waals surface area contributed by atoms with Crippen molar-refractivity contribution in [3.8, 4) is 0 Å². The molecule has 3 saturated carbocycles. The predicted octanol–water partition coefficient (Wildman–Crippen LogP) is 3.75. The van der Waals surface area contributed by atoms with Crippen molar-refractivity contribution in [1.82, 2.24) is 0 Å². The van der Waals surface area contributed by atoms with Crippen molar-refractivity contribution in [2.75, 3.05) is 0 Å². The quantitative estimate of drug-likeness (QED) is 0.435. The van der Waals surface area contributed by atoms with Gasteiger partial charge in [-0.2, -0.15) is 0 Å². The van der Waals surface area contributed by atoms with Gasteiger partial charge in [-0.15, -0.1) is 0 Å². The normalized spacial score (nSPS) is 46.1. The van der Waals surface area contributed by atoms with Gasteiger partial charge < -0.3 is 20.4 Å². The van der Waals surface area contributed by atoms with Gasteiger partial charge in [0.2, 0.25) is 0 Å². The Morgan fingerprint density at radius 3 is 2.22 bits per heavy atom. The molecular weight excluding hydrogens is 456 g/mol. The second-order valence-electron chi connectivity index (χ2n) is 14.3. The molecule has 4 aliphatic carbocycles. The molecule has 3 fully saturated rings. The summed E-state index contributed by atoms with van der Waals surface area (Å²) in [5, 5.41) is 43.9. The second-order valence-corrected chi connectivity index (χ2v) is 14.3. The maximum absolute atomic E-state index is 14.2. The van der Waals surface area contributed by atoms with Crippen molar-refractivity contribution in [2.24, 2.45) is 39.4 Å². The standard InChI is InChI=1S/C30H46O6/c1-25(2,35)12-9-13-29(7,36)23-20(32)15-27(5)21-11-10-17-18(14-19(31)24(34)26(17,3)4)30(21,8)22(33)16-28(23,27)6/h9-10,12,18-21,23,31-32,35-36H,11,13-16H2,1-8H3/b12-9+/t18-,19-,20+,21-,23-,27-,28+,29-,30-/m0/s1. The molecule has 0 aromatic rings. The lowest BCUT2D eigenvalue weighted by Crippen LogP contribution is -2.64. The molecular formula is C30H46O6. The van der Waals surface area contributed by atoms with Crippen LogP contribution in [0.3, 0.4) is 0 Å². The number of aliphatic hydroxyl groups excluding tert-OH is 2. The van der Waals surface area contributed by atoms with Crippen LogP contribution in [0.2, 0.25) is 0 Å². The van der Waals surface area contributed by atoms with Crippen molar-refractivity contribution < 1.29 is 30.0 Å². The van der Waals surface area contributed by atoms with E-state index in [-0.39, 0.29) is 42.7 Å². The van der Waals surface area contributed by atoms with Crippen LogP contribution < -0.4 is 0 Å². The molecule has 4 rings (SSSR count). The molecule has 6 heteroatoms. The minimum Gasteiger partial charge on any atom is -0.393 e. The fourth-order valence-corrected chi connectivity index (χ4v) is 9.22. The van der Waals surface area contributed by atoms with E-state index in [1.165, 1.54) is 0 Å². The van der Waals surface area contributed by atoms with Crippen LogP contribution in [0.25, 0.3) is 0 Å². The minimum atomic E-state index is -1.27. The zero-order valence-electron chi connectivity index (χ0n) is 23.3. The molecule has 0 spiro atoms. The van der Waals surface area contributed by atoms with Gasteiger partial charge in [-0.25, -0.2) is 0 Å². The highest BCUT2D eigenvalue weighted by molar-refractivity contribution is 5.94. The fourth-order valence-electron chi connectivity index (χ4n) is 9.22. The zero-order valence-corrected chi connectivity index (χ0v) is 23.3. The molecule has 0 bridgehead atoms. The van der Waals surface area contributed by atoms with E-state index in [0.717, 1.165) is 5.57 Å². The van der Waals surface area contributed by atoms with Crippen LogP contribution in [0.15, 0.2) is 23.8 Å². The summed E-state index contributed by atoms with van der Waals surface area (Å²) < 4.78 is 0. The molecule has 4 N–H and O–H groups in total. The molecule has 202 valence electrons. The third kappa shape index (κ3) is 3.65. The lowest BCUT2D eigenvalue weighted by Gasteiger charge is -2.64. The highest BCUT2D eigenvalue weighted by Gasteiger charge is 2.73. The smallest absolute Gasteiger partial charge is 0.170 e. The summed E-state index contributed by atoms with van der Waals surface area (Å²) in [6.45, 7) is 15.0. The SMILES string of the molecule is CC(C)(O)/C=C/C[C@](C)(O)[C@H]1[C@H](O)C[C@@]2(C)[C@@H]3CC=C4[C@H](C[C@H](O)C(=O)C4(C)C)[C@]3(C)C(=O)C[C@]12C. The van der Waals surface area contributed by atoms with Crippen molar-refractivity contribution in [3.63, 3.8) is 0 Å². The van der Waals surface area contributed by atoms with E-state index in [2.05, 4.69) is 19.9 Å². The molecule has 0 heterocycles. The van der Waals surface area contributed by atoms with Crippen molar-refractivity contribution in [1.29, 1.82) is 0 Å². The number of hydrogen-bond donors (Lipinski definition) is 4. The maximum Gasteiger partial charge on any atom is 0.170 e. The predicted molar refractivity (Wildman–Crippen MR) is 138 cm³/mol. The topological polar surface area (TPSA) is 115 Å². The fraction of sp³-hybridized carbons (Fsp3) is 0.800. The van der Waals surface area contributed by atoms with E-state index >= 15 is 0 Å². The minimum absolute atomic E-state index is 0.0800. The first-order valence-corrected chi connectivity index (χ1v) is 13.5. The number of allylic oxidation sites excluding steroid dienone is 2. The summed E-state index contributed by atoms with van der Waals surface area (Å²) in [6, 6.07) is 0. The number of rotatable bonds is 4. The number of ketones is 2. The Kier molecular flexibility index (Phi) is 6.21. The van der Waals surface area contributed by atoms with E-state index in [0.29, 0.717) is 12.8 Å². The first-order valence-electron chi connectivity index (χ1n) is 13.5. The lowest BCUT2D eigenvalue weighted by atomic mass is 9.38. The average Bonchev–Trinajstić information content (AvgIpc) is 2.91. The van der Waals surface area contributed by atoms with Crippen LogP contribution in [-0.4, -0.2) is 55.4 Å². The summed E-state index contributed by atoms with van der Waals surface area (Å²) in [4.78, 5) is 27.0. The Morgan fingerprint density at radius 1 is 1.03 bits per heavy atom. The number of fused-ring (bicyclic) bond motifs is 5. The van der Waals surface area contributed by atoms with Crippen molar-refractivity contribution in [2.45, 2.75) is 111 Å². The van der Waals surface area contributed by atoms with Crippen molar-refractivity contribution >= 4 is 11.6 Å². The Bertz CT molecular complexity index is 1010. The van der Waals surface area contributed by atoms with E-state index < -0.39 is 51.0 Å². The summed E-state index contributed by atoms with van der Waals surface area (Å²) in [5.41, 5.74) is -3.93. The number of carbonyl (C=O) groups is 2. The number of Topliss-reactive ketones (excluding diaryl/α,β-unsaturated/α-hetero) is 2. The Hall–Kier alpha value is -1.34. The first kappa shape index (κ1) is 27.7. The highest BCUT2D eigenvalue weighted by atomic mass is 16.3. The molecule has 4 aliphatic rings. The van der Waals surface area contributed by atoms with Gasteiger partial charge in [0.05, 0.1) is 17.3 Å². The molecule has 0 radical (unpaired) electrons. The van der Waals surface area contributed by atoms with Gasteiger partial charge in [-0.3, -0.25) is 9.59 Å². The van der Waals surface area contributed by atoms with E-state index in [9.17, 15) is 30.0 Å². The van der Waals surface area contributed by atoms with Crippen LogP contribution in [0.5, 0.6) is 0 Å². The summed E-state index contributed by atoms with van der Waals surface area (Å²) in [6.07, 6.45) is 5.55. The lowest BCUT2D eigenvalue weighted by molar-refractivity contribution is -0.182. The van der Waals surface area contributed by atoms with Crippen LogP contribution in [-0.2, 0) is 9.59 Å². The van der Waals surface area contributed by atoms with Gasteiger partial charge in [0.15, 0.2) is 5.78 Å². The third-order valence-corrected chi connectivity index (χ3v) is 11.1. The van der Waals surface area contributed by atoms with Gasteiger partial charge in [-0.1, -0.05) is 44.6 Å². The zero-order chi connectivity index (χ0) is 27.3. The molecule has 0 unspecified atom stereocenters. The van der Waals surface area contributed by atoms with Crippen LogP contribution >= 0.6 is 0 Å². The highest BCUT2D eigenvalue weighted by Crippen LogP contribution is 2.74. The molecule has 0 amide bonds. The van der Waals surface area contributed by atoms with Crippen LogP contribution in [0, 0.1) is 39.4 Å². The Morgan fingerprint density at radius 2 is 1.64 bits per heavy atom. The van der Waals surface area contributed by atoms with E-state index in [4.69, 9.17) is 0 Å². The Balaban J connectivity index is 1.77. The number of aliphatic hydroxyl groups is 4. The molecule has 0 aliphatic heterocycles. The van der Waals surface area contributed by atoms with Gasteiger partial charge in [0.25, 0.3) is 0 Å². The van der Waals surface area contributed by atoms with Gasteiger partial charge >= 0.3 is 0 Å². The Labute approximate surface area is 215 Å². The average molecular weight is 503 g/mol. The first-order chi connectivity index (χ1) is 16.2. The largest absolute Gasteiger partial charge is 0.393 e. The maximum atomic E-state index is 14.2. The molecule has 0 saturated heterocycles. The summed E-state index contributed by atoms with van der Waals surface area (Å²) in [5.74, 6) is -0.904. The van der Waals surface area contributed by atoms with E-state index in [1.807, 2.05) is 20.8 Å².